The van der Waals surface area contributed by atoms with E-state index < -0.39 is 12.0 Å². The van der Waals surface area contributed by atoms with Crippen molar-refractivity contribution in [1.82, 2.24) is 0 Å². The monoisotopic (exact) mass is 219 g/mol. The maximum absolute atomic E-state index is 10.3. The molecule has 1 unspecified atom stereocenters. The van der Waals surface area contributed by atoms with Crippen LogP contribution in [0.1, 0.15) is 53.9 Å². The molecule has 0 aliphatic heterocycles. The minimum absolute atomic E-state index is 0.282. The van der Waals surface area contributed by atoms with Crippen molar-refractivity contribution in [3.05, 3.63) is 0 Å². The number of hydrogen-bond acceptors (Lipinski definition) is 3. The summed E-state index contributed by atoms with van der Waals surface area (Å²) in [6, 6.07) is -0.845. The smallest absolute Gasteiger partial charge is 0.305 e. The van der Waals surface area contributed by atoms with E-state index in [9.17, 15) is 9.59 Å². The normalized spacial score (nSPS) is 10.0. The van der Waals surface area contributed by atoms with Crippen LogP contribution in [0.25, 0.3) is 0 Å². The summed E-state index contributed by atoms with van der Waals surface area (Å²) < 4.78 is 0. The number of Topliss-reactive ketones (excluding diaryl/α,β-unsaturated/α-hetero) is 1. The summed E-state index contributed by atoms with van der Waals surface area (Å²) in [4.78, 5) is 20.2. The molecule has 0 aromatic rings. The SMILES string of the molecule is CC(=O)C(N)CC(=O)O.CCC.CCC. The van der Waals surface area contributed by atoms with Crippen LogP contribution in [0, 0.1) is 0 Å². The molecule has 0 saturated carbocycles. The van der Waals surface area contributed by atoms with Gasteiger partial charge >= 0.3 is 5.97 Å². The van der Waals surface area contributed by atoms with Gasteiger partial charge in [0.25, 0.3) is 0 Å². The molecule has 0 aliphatic rings. The van der Waals surface area contributed by atoms with Gasteiger partial charge in [-0.3, -0.25) is 9.59 Å². The fourth-order valence-corrected chi connectivity index (χ4v) is 0.332. The van der Waals surface area contributed by atoms with Gasteiger partial charge in [0.1, 0.15) is 5.78 Å². The number of carbonyl (C=O) groups is 2. The van der Waals surface area contributed by atoms with Gasteiger partial charge in [-0.05, 0) is 6.92 Å². The van der Waals surface area contributed by atoms with E-state index in [1.54, 1.807) is 0 Å². The molecule has 0 aromatic heterocycles. The van der Waals surface area contributed by atoms with Crippen LogP contribution in [0.5, 0.6) is 0 Å². The van der Waals surface area contributed by atoms with Crippen LogP contribution >= 0.6 is 0 Å². The average molecular weight is 219 g/mol. The largest absolute Gasteiger partial charge is 0.481 e. The molecular formula is C11H25NO3. The summed E-state index contributed by atoms with van der Waals surface area (Å²) in [5, 5.41) is 8.10. The topological polar surface area (TPSA) is 80.4 Å². The Bertz CT molecular complexity index is 156. The van der Waals surface area contributed by atoms with Crippen molar-refractivity contribution in [2.24, 2.45) is 5.73 Å². The van der Waals surface area contributed by atoms with Gasteiger partial charge in [0.05, 0.1) is 12.5 Å². The van der Waals surface area contributed by atoms with Gasteiger partial charge in [-0.1, -0.05) is 40.5 Å². The Balaban J connectivity index is -0.000000200. The lowest BCUT2D eigenvalue weighted by atomic mass is 10.1. The Morgan fingerprint density at radius 3 is 1.47 bits per heavy atom. The quantitative estimate of drug-likeness (QED) is 0.762. The number of aliphatic carboxylic acids is 1. The summed E-state index contributed by atoms with van der Waals surface area (Å²) in [6.07, 6.45) is 2.22. The predicted molar refractivity (Wildman–Crippen MR) is 62.8 cm³/mol. The standard InChI is InChI=1S/C5H9NO3.2C3H8/c1-3(7)4(6)2-5(8)9;2*1-3-2/h4H,2,6H2,1H3,(H,8,9);2*3H2,1-2H3. The first-order valence-electron chi connectivity index (χ1n) is 5.34. The summed E-state index contributed by atoms with van der Waals surface area (Å²) >= 11 is 0. The number of carboxylic acids is 1. The molecule has 1 atom stereocenters. The molecule has 92 valence electrons. The molecule has 4 nitrogen and oxygen atoms in total. The molecule has 0 rings (SSSR count). The van der Waals surface area contributed by atoms with Crippen LogP contribution in [-0.2, 0) is 9.59 Å². The highest BCUT2D eigenvalue weighted by Gasteiger charge is 2.11. The average Bonchev–Trinajstić information content (AvgIpc) is 2.05. The second-order valence-corrected chi connectivity index (χ2v) is 3.23. The molecule has 0 spiro atoms. The van der Waals surface area contributed by atoms with Crippen molar-refractivity contribution in [2.75, 3.05) is 0 Å². The minimum atomic E-state index is -1.04. The highest BCUT2D eigenvalue weighted by molar-refractivity contribution is 5.85. The second kappa shape index (κ2) is 15.6. The molecule has 0 aromatic carbocycles. The third kappa shape index (κ3) is 32.0. The third-order valence-electron chi connectivity index (χ3n) is 0.917. The molecule has 0 saturated heterocycles. The molecule has 4 heteroatoms. The minimum Gasteiger partial charge on any atom is -0.481 e. The highest BCUT2D eigenvalue weighted by Crippen LogP contribution is 1.87. The number of nitrogens with two attached hydrogens (primary N) is 1. The fraction of sp³-hybridized carbons (Fsp3) is 0.818. The fourth-order valence-electron chi connectivity index (χ4n) is 0.332. The van der Waals surface area contributed by atoms with Crippen molar-refractivity contribution in [3.63, 3.8) is 0 Å². The lowest BCUT2D eigenvalue weighted by Crippen LogP contribution is -2.30. The van der Waals surface area contributed by atoms with Gasteiger partial charge in [0.2, 0.25) is 0 Å². The number of carbonyl (C=O) groups excluding carboxylic acids is 1. The van der Waals surface area contributed by atoms with Crippen molar-refractivity contribution in [1.29, 1.82) is 0 Å². The molecule has 15 heavy (non-hydrogen) atoms. The molecule has 0 aliphatic carbocycles. The van der Waals surface area contributed by atoms with Crippen LogP contribution in [0.3, 0.4) is 0 Å². The Kier molecular flexibility index (Phi) is 20.4. The Morgan fingerprint density at radius 1 is 1.13 bits per heavy atom. The maximum atomic E-state index is 10.3. The Hall–Kier alpha value is -0.900. The Labute approximate surface area is 92.9 Å². The van der Waals surface area contributed by atoms with Crippen LogP contribution in [0.15, 0.2) is 0 Å². The van der Waals surface area contributed by atoms with Gasteiger partial charge in [-0.25, -0.2) is 0 Å². The zero-order valence-electron chi connectivity index (χ0n) is 10.5. The molecular weight excluding hydrogens is 194 g/mol. The van der Waals surface area contributed by atoms with E-state index >= 15 is 0 Å². The van der Waals surface area contributed by atoms with Crippen molar-refractivity contribution >= 4 is 11.8 Å². The number of carboxylic acid groups (broad SMARTS) is 1. The molecule has 0 bridgehead atoms. The third-order valence-corrected chi connectivity index (χ3v) is 0.917. The van der Waals surface area contributed by atoms with E-state index in [1.807, 2.05) is 0 Å². The molecule has 3 N–H and O–H groups in total. The van der Waals surface area contributed by atoms with E-state index in [1.165, 1.54) is 19.8 Å². The number of hydrogen-bond donors (Lipinski definition) is 2. The van der Waals surface area contributed by atoms with Crippen LogP contribution in [-0.4, -0.2) is 22.9 Å². The lowest BCUT2D eigenvalue weighted by molar-refractivity contribution is -0.138. The summed E-state index contributed by atoms with van der Waals surface area (Å²) in [5.74, 6) is -1.34. The highest BCUT2D eigenvalue weighted by atomic mass is 16.4. The Morgan fingerprint density at radius 2 is 1.40 bits per heavy atom. The molecule has 0 fully saturated rings. The summed E-state index contributed by atoms with van der Waals surface area (Å²) in [7, 11) is 0. The first-order chi connectivity index (χ1) is 6.87. The first-order valence-corrected chi connectivity index (χ1v) is 5.34. The number of ketones is 1. The molecule has 0 heterocycles. The van der Waals surface area contributed by atoms with Gasteiger partial charge in [-0.2, -0.15) is 0 Å². The van der Waals surface area contributed by atoms with E-state index in [4.69, 9.17) is 10.8 Å². The van der Waals surface area contributed by atoms with Crippen molar-refractivity contribution in [2.45, 2.75) is 59.9 Å². The van der Waals surface area contributed by atoms with Gasteiger partial charge in [0.15, 0.2) is 0 Å². The maximum Gasteiger partial charge on any atom is 0.305 e. The van der Waals surface area contributed by atoms with Crippen molar-refractivity contribution < 1.29 is 14.7 Å². The van der Waals surface area contributed by atoms with Crippen LogP contribution in [0.2, 0.25) is 0 Å². The summed E-state index contributed by atoms with van der Waals surface area (Å²) in [6.45, 7) is 9.77. The van der Waals surface area contributed by atoms with Crippen LogP contribution in [0.4, 0.5) is 0 Å². The molecule has 0 amide bonds. The zero-order chi connectivity index (χ0) is 12.9. The zero-order valence-corrected chi connectivity index (χ0v) is 10.5. The van der Waals surface area contributed by atoms with E-state index in [-0.39, 0.29) is 12.2 Å². The van der Waals surface area contributed by atoms with E-state index in [2.05, 4.69) is 27.7 Å². The van der Waals surface area contributed by atoms with Gasteiger partial charge in [-0.15, -0.1) is 0 Å². The lowest BCUT2D eigenvalue weighted by Gasteiger charge is -2.00. The summed E-state index contributed by atoms with van der Waals surface area (Å²) in [5.41, 5.74) is 5.09. The van der Waals surface area contributed by atoms with Gasteiger partial charge in [0, 0.05) is 0 Å². The van der Waals surface area contributed by atoms with Crippen LogP contribution < -0.4 is 5.73 Å². The second-order valence-electron chi connectivity index (χ2n) is 3.23. The van der Waals surface area contributed by atoms with Crippen molar-refractivity contribution in [3.8, 4) is 0 Å². The molecule has 0 radical (unpaired) electrons. The van der Waals surface area contributed by atoms with Gasteiger partial charge < -0.3 is 10.8 Å². The van der Waals surface area contributed by atoms with E-state index in [0.717, 1.165) is 0 Å². The first kappa shape index (κ1) is 19.6. The predicted octanol–water partition coefficient (Wildman–Crippen LogP) is 2.21. The number of rotatable bonds is 3. The van der Waals surface area contributed by atoms with E-state index in [0.29, 0.717) is 0 Å².